The van der Waals surface area contributed by atoms with E-state index in [9.17, 15) is 9.59 Å². The molecule has 8 heteroatoms. The molecule has 2 aromatic rings. The average Bonchev–Trinajstić information content (AvgIpc) is 3.18. The molecular weight excluding hydrogens is 447 g/mol. The van der Waals surface area contributed by atoms with Crippen LogP contribution in [0, 0.1) is 5.92 Å². The predicted octanol–water partition coefficient (Wildman–Crippen LogP) is 4.52. The number of aromatic amines is 1. The predicted molar refractivity (Wildman–Crippen MR) is 132 cm³/mol. The Balaban J connectivity index is 0.00000289. The lowest BCUT2D eigenvalue weighted by molar-refractivity contribution is -0.122. The first-order valence-electron chi connectivity index (χ1n) is 11.5. The van der Waals surface area contributed by atoms with Gasteiger partial charge in [0.1, 0.15) is 5.69 Å². The number of likely N-dealkylation sites (tertiary alicyclic amines) is 1. The summed E-state index contributed by atoms with van der Waals surface area (Å²) in [7, 11) is 2.16. The van der Waals surface area contributed by atoms with Crippen LogP contribution in [0.1, 0.15) is 61.9 Å². The lowest BCUT2D eigenvalue weighted by Gasteiger charge is -2.33. The molecule has 0 radical (unpaired) electrons. The molecule has 2 heterocycles. The number of halogens is 2. The van der Waals surface area contributed by atoms with Crippen molar-refractivity contribution in [1.82, 2.24) is 20.5 Å². The first-order valence-corrected chi connectivity index (χ1v) is 11.9. The summed E-state index contributed by atoms with van der Waals surface area (Å²) < 4.78 is 0. The smallest absolute Gasteiger partial charge is 0.268 e. The number of nitrogens with zero attached hydrogens (tertiary/aromatic N) is 1. The topological polar surface area (TPSA) is 77.2 Å². The maximum absolute atomic E-state index is 12.9. The molecule has 2 aliphatic rings. The minimum absolute atomic E-state index is 0. The molecule has 2 atom stereocenters. The van der Waals surface area contributed by atoms with E-state index < -0.39 is 0 Å². The molecule has 4 rings (SSSR count). The standard InChI is InChI=1S/C24H33ClN4O2.ClH/c1-29-12-10-16(11-13-29)6-9-23(30)27-20-4-2-3-5-21(20)28-24(31)22-15-17-14-18(25)7-8-19(17)26-22;/h7-8,14-16,20-21,26H,2-6,9-13H2,1H3,(H,27,30)(H,28,31);1H/t20-,21+;/m1./s1. The molecule has 0 spiro atoms. The minimum Gasteiger partial charge on any atom is -0.351 e. The minimum atomic E-state index is -0.134. The van der Waals surface area contributed by atoms with Crippen molar-refractivity contribution >= 4 is 46.7 Å². The van der Waals surface area contributed by atoms with Crippen LogP contribution >= 0.6 is 24.0 Å². The van der Waals surface area contributed by atoms with Crippen molar-refractivity contribution in [1.29, 1.82) is 0 Å². The van der Waals surface area contributed by atoms with Crippen molar-refractivity contribution in [3.8, 4) is 0 Å². The number of hydrogen-bond donors (Lipinski definition) is 3. The molecule has 6 nitrogen and oxygen atoms in total. The van der Waals surface area contributed by atoms with Crippen LogP contribution < -0.4 is 10.6 Å². The summed E-state index contributed by atoms with van der Waals surface area (Å²) in [5, 5.41) is 7.93. The van der Waals surface area contributed by atoms with Gasteiger partial charge in [0.05, 0.1) is 0 Å². The van der Waals surface area contributed by atoms with Crippen molar-refractivity contribution in [2.24, 2.45) is 5.92 Å². The third-order valence-corrected chi connectivity index (χ3v) is 7.11. The maximum Gasteiger partial charge on any atom is 0.268 e. The Morgan fingerprint density at radius 2 is 1.75 bits per heavy atom. The Labute approximate surface area is 201 Å². The van der Waals surface area contributed by atoms with Gasteiger partial charge in [0.15, 0.2) is 0 Å². The van der Waals surface area contributed by atoms with Gasteiger partial charge in [-0.1, -0.05) is 24.4 Å². The fourth-order valence-corrected chi connectivity index (χ4v) is 5.09. The Morgan fingerprint density at radius 3 is 2.47 bits per heavy atom. The van der Waals surface area contributed by atoms with E-state index in [2.05, 4.69) is 27.6 Å². The third kappa shape index (κ3) is 6.40. The second kappa shape index (κ2) is 11.4. The van der Waals surface area contributed by atoms with E-state index in [0.29, 0.717) is 23.1 Å². The van der Waals surface area contributed by atoms with Crippen molar-refractivity contribution in [2.45, 2.75) is 63.5 Å². The van der Waals surface area contributed by atoms with E-state index in [0.717, 1.165) is 56.1 Å². The number of H-pyrrole nitrogens is 1. The summed E-state index contributed by atoms with van der Waals surface area (Å²) in [6.45, 7) is 2.26. The van der Waals surface area contributed by atoms with Gasteiger partial charge < -0.3 is 20.5 Å². The molecule has 32 heavy (non-hydrogen) atoms. The van der Waals surface area contributed by atoms with Crippen LogP contribution in [-0.4, -0.2) is 53.9 Å². The molecule has 1 aliphatic carbocycles. The highest BCUT2D eigenvalue weighted by atomic mass is 35.5. The highest BCUT2D eigenvalue weighted by Gasteiger charge is 2.29. The highest BCUT2D eigenvalue weighted by Crippen LogP contribution is 2.23. The fraction of sp³-hybridized carbons (Fsp3) is 0.583. The molecule has 1 saturated heterocycles. The third-order valence-electron chi connectivity index (χ3n) is 6.87. The van der Waals surface area contributed by atoms with Crippen molar-refractivity contribution < 1.29 is 9.59 Å². The SMILES string of the molecule is CN1CCC(CCC(=O)N[C@@H]2CCCC[C@@H]2NC(=O)c2cc3cc(Cl)ccc3[nH]2)CC1.Cl. The second-order valence-corrected chi connectivity index (χ2v) is 9.67. The lowest BCUT2D eigenvalue weighted by Crippen LogP contribution is -2.53. The van der Waals surface area contributed by atoms with Crippen molar-refractivity contribution in [2.75, 3.05) is 20.1 Å². The lowest BCUT2D eigenvalue weighted by atomic mass is 9.89. The van der Waals surface area contributed by atoms with E-state index in [1.54, 1.807) is 6.07 Å². The van der Waals surface area contributed by atoms with Crippen LogP contribution in [0.5, 0.6) is 0 Å². The largest absolute Gasteiger partial charge is 0.351 e. The number of carbonyl (C=O) groups is 2. The number of aromatic nitrogens is 1. The van der Waals surface area contributed by atoms with Gasteiger partial charge in [0.25, 0.3) is 5.91 Å². The van der Waals surface area contributed by atoms with Gasteiger partial charge in [-0.15, -0.1) is 12.4 Å². The highest BCUT2D eigenvalue weighted by molar-refractivity contribution is 6.31. The zero-order valence-corrected chi connectivity index (χ0v) is 20.2. The summed E-state index contributed by atoms with van der Waals surface area (Å²) >= 11 is 6.06. The Kier molecular flexibility index (Phi) is 8.86. The molecule has 2 fully saturated rings. The first-order chi connectivity index (χ1) is 15.0. The zero-order chi connectivity index (χ0) is 21.8. The molecule has 1 aromatic heterocycles. The van der Waals surface area contributed by atoms with Gasteiger partial charge in [-0.2, -0.15) is 0 Å². The van der Waals surface area contributed by atoms with Crippen LogP contribution in [0.15, 0.2) is 24.3 Å². The molecule has 0 unspecified atom stereocenters. The normalized spacial score (nSPS) is 22.3. The molecule has 0 bridgehead atoms. The molecule has 2 amide bonds. The number of piperidine rings is 1. The number of nitrogens with one attached hydrogen (secondary N) is 3. The number of benzene rings is 1. The number of amides is 2. The zero-order valence-electron chi connectivity index (χ0n) is 18.7. The first kappa shape index (κ1) is 24.9. The van der Waals surface area contributed by atoms with Crippen LogP contribution in [0.2, 0.25) is 5.02 Å². The molecular formula is C24H34Cl2N4O2. The summed E-state index contributed by atoms with van der Waals surface area (Å²) in [5.41, 5.74) is 1.41. The average molecular weight is 481 g/mol. The fourth-order valence-electron chi connectivity index (χ4n) is 4.91. The van der Waals surface area contributed by atoms with E-state index in [4.69, 9.17) is 11.6 Å². The van der Waals surface area contributed by atoms with Crippen molar-refractivity contribution in [3.05, 3.63) is 35.0 Å². The van der Waals surface area contributed by atoms with E-state index in [1.165, 1.54) is 12.8 Å². The van der Waals surface area contributed by atoms with E-state index in [-0.39, 0.29) is 36.3 Å². The van der Waals surface area contributed by atoms with Gasteiger partial charge in [0.2, 0.25) is 5.91 Å². The van der Waals surface area contributed by atoms with E-state index >= 15 is 0 Å². The van der Waals surface area contributed by atoms with Gasteiger partial charge >= 0.3 is 0 Å². The molecule has 1 aromatic carbocycles. The van der Waals surface area contributed by atoms with Crippen LogP contribution in [0.3, 0.4) is 0 Å². The molecule has 1 aliphatic heterocycles. The quantitative estimate of drug-likeness (QED) is 0.568. The summed E-state index contributed by atoms with van der Waals surface area (Å²) in [5.74, 6) is 0.634. The van der Waals surface area contributed by atoms with Crippen molar-refractivity contribution in [3.63, 3.8) is 0 Å². The van der Waals surface area contributed by atoms with Crippen LogP contribution in [-0.2, 0) is 4.79 Å². The molecule has 1 saturated carbocycles. The number of hydrogen-bond acceptors (Lipinski definition) is 3. The Hall–Kier alpha value is -1.76. The van der Waals surface area contributed by atoms with Gasteiger partial charge in [0, 0.05) is 34.4 Å². The number of fused-ring (bicyclic) bond motifs is 1. The summed E-state index contributed by atoms with van der Waals surface area (Å²) in [4.78, 5) is 31.0. The van der Waals surface area contributed by atoms with E-state index in [1.807, 2.05) is 18.2 Å². The molecule has 176 valence electrons. The van der Waals surface area contributed by atoms with Gasteiger partial charge in [-0.25, -0.2) is 0 Å². The van der Waals surface area contributed by atoms with Gasteiger partial charge in [-0.05, 0) is 82.4 Å². The van der Waals surface area contributed by atoms with Gasteiger partial charge in [-0.3, -0.25) is 9.59 Å². The summed E-state index contributed by atoms with van der Waals surface area (Å²) in [6.07, 6.45) is 7.84. The maximum atomic E-state index is 12.9. The number of carbonyl (C=O) groups excluding carboxylic acids is 2. The number of rotatable bonds is 6. The molecule has 3 N–H and O–H groups in total. The Morgan fingerprint density at radius 1 is 1.06 bits per heavy atom. The summed E-state index contributed by atoms with van der Waals surface area (Å²) in [6, 6.07) is 7.32. The second-order valence-electron chi connectivity index (χ2n) is 9.24. The Bertz CT molecular complexity index is 924. The van der Waals surface area contributed by atoms with Crippen LogP contribution in [0.25, 0.3) is 10.9 Å². The monoisotopic (exact) mass is 480 g/mol. The van der Waals surface area contributed by atoms with Crippen LogP contribution in [0.4, 0.5) is 0 Å².